The Morgan fingerprint density at radius 3 is 2.05 bits per heavy atom. The molecule has 9 heteroatoms. The van der Waals surface area contributed by atoms with Gasteiger partial charge in [-0.05, 0) is 55.0 Å². The SMILES string of the molecule is CCOC(=O)C1C(C(=O)c2ccc(Br)cc2)=C[C@@H](CC(=O)c2ccc(Br)cc2)[C@@]12C(=O)N(C(C)=O)c1ccccc12. The molecular formula is C32H25Br2NO6. The fraction of sp³-hybridized carbons (Fsp3) is 0.219. The summed E-state index contributed by atoms with van der Waals surface area (Å²) in [5.41, 5.74) is -0.217. The van der Waals surface area contributed by atoms with Crippen LogP contribution in [0.2, 0.25) is 0 Å². The van der Waals surface area contributed by atoms with Crippen molar-refractivity contribution in [2.75, 3.05) is 11.5 Å². The van der Waals surface area contributed by atoms with Crippen molar-refractivity contribution in [3.05, 3.63) is 110 Å². The van der Waals surface area contributed by atoms with E-state index in [0.29, 0.717) is 22.4 Å². The number of esters is 1. The summed E-state index contributed by atoms with van der Waals surface area (Å²) in [6.07, 6.45) is 1.39. The van der Waals surface area contributed by atoms with E-state index in [1.807, 2.05) is 0 Å². The van der Waals surface area contributed by atoms with Crippen LogP contribution in [-0.4, -0.2) is 36.0 Å². The number of para-hydroxylation sites is 1. The minimum atomic E-state index is -1.74. The minimum absolute atomic E-state index is 0.0138. The van der Waals surface area contributed by atoms with Gasteiger partial charge in [0.15, 0.2) is 11.6 Å². The molecule has 0 fully saturated rings. The Morgan fingerprint density at radius 2 is 1.46 bits per heavy atom. The summed E-state index contributed by atoms with van der Waals surface area (Å²) < 4.78 is 7.04. The van der Waals surface area contributed by atoms with Crippen LogP contribution in [0.15, 0.2) is 93.4 Å². The topological polar surface area (TPSA) is 97.8 Å². The van der Waals surface area contributed by atoms with Crippen molar-refractivity contribution in [1.82, 2.24) is 0 Å². The molecule has 1 aliphatic heterocycles. The van der Waals surface area contributed by atoms with E-state index >= 15 is 0 Å². The highest BCUT2D eigenvalue weighted by molar-refractivity contribution is 9.10. The third-order valence-corrected chi connectivity index (χ3v) is 8.71. The summed E-state index contributed by atoms with van der Waals surface area (Å²) in [5, 5.41) is 0. The van der Waals surface area contributed by atoms with E-state index < -0.39 is 40.8 Å². The highest BCUT2D eigenvalue weighted by atomic mass is 79.9. The number of imide groups is 1. The average Bonchev–Trinajstić information content (AvgIpc) is 3.42. The number of hydrogen-bond donors (Lipinski definition) is 0. The Morgan fingerprint density at radius 1 is 0.878 bits per heavy atom. The number of halogens is 2. The maximum Gasteiger partial charge on any atom is 0.315 e. The number of amides is 2. The summed E-state index contributed by atoms with van der Waals surface area (Å²) in [7, 11) is 0. The van der Waals surface area contributed by atoms with Gasteiger partial charge in [0.25, 0.3) is 0 Å². The lowest BCUT2D eigenvalue weighted by molar-refractivity contribution is -0.152. The van der Waals surface area contributed by atoms with Crippen molar-refractivity contribution in [2.24, 2.45) is 11.8 Å². The maximum atomic E-state index is 14.5. The van der Waals surface area contributed by atoms with Crippen molar-refractivity contribution < 1.29 is 28.7 Å². The van der Waals surface area contributed by atoms with Crippen molar-refractivity contribution in [1.29, 1.82) is 0 Å². The van der Waals surface area contributed by atoms with Crippen LogP contribution in [0, 0.1) is 11.8 Å². The number of anilines is 1. The van der Waals surface area contributed by atoms with Crippen LogP contribution in [0.3, 0.4) is 0 Å². The number of carbonyl (C=O) groups is 5. The smallest absolute Gasteiger partial charge is 0.315 e. The first kappa shape index (κ1) is 28.8. The molecule has 1 heterocycles. The molecule has 0 radical (unpaired) electrons. The van der Waals surface area contributed by atoms with Crippen LogP contribution in [0.25, 0.3) is 0 Å². The van der Waals surface area contributed by atoms with Crippen molar-refractivity contribution in [2.45, 2.75) is 25.7 Å². The lowest BCUT2D eigenvalue weighted by Gasteiger charge is -2.35. The normalized spacial score (nSPS) is 21.0. The number of rotatable bonds is 7. The number of nitrogens with zero attached hydrogens (tertiary/aromatic N) is 1. The van der Waals surface area contributed by atoms with E-state index in [1.165, 1.54) is 6.92 Å². The molecule has 41 heavy (non-hydrogen) atoms. The standard InChI is InChI=1S/C32H25Br2NO6/c1-3-41-30(39)28-24(29(38)20-10-14-23(34)15-11-20)16-21(17-27(37)19-8-12-22(33)13-9-19)32(28)25-6-4-5-7-26(25)35(18(2)36)31(32)40/h4-16,21,28H,3,17H2,1-2H3/t21-,28?,32-/m0/s1. The molecule has 0 saturated heterocycles. The van der Waals surface area contributed by atoms with Gasteiger partial charge in [0.05, 0.1) is 12.3 Å². The van der Waals surface area contributed by atoms with Gasteiger partial charge in [0.2, 0.25) is 11.8 Å². The molecule has 2 aliphatic rings. The third-order valence-electron chi connectivity index (χ3n) is 7.66. The molecule has 0 aromatic heterocycles. The summed E-state index contributed by atoms with van der Waals surface area (Å²) in [6.45, 7) is 2.92. The van der Waals surface area contributed by atoms with Gasteiger partial charge in [-0.1, -0.05) is 68.3 Å². The van der Waals surface area contributed by atoms with Gasteiger partial charge in [-0.3, -0.25) is 24.0 Å². The number of ketones is 2. The fourth-order valence-electron chi connectivity index (χ4n) is 5.97. The largest absolute Gasteiger partial charge is 0.465 e. The molecule has 3 aromatic rings. The fourth-order valence-corrected chi connectivity index (χ4v) is 6.50. The number of carbonyl (C=O) groups excluding carboxylic acids is 5. The molecule has 1 unspecified atom stereocenters. The molecule has 208 valence electrons. The molecule has 0 saturated carbocycles. The molecule has 2 amide bonds. The molecule has 1 spiro atoms. The quantitative estimate of drug-likeness (QED) is 0.217. The Hall–Kier alpha value is -3.69. The summed E-state index contributed by atoms with van der Waals surface area (Å²) in [4.78, 5) is 69.8. The van der Waals surface area contributed by atoms with E-state index in [4.69, 9.17) is 4.74 Å². The first-order chi connectivity index (χ1) is 19.6. The zero-order chi connectivity index (χ0) is 29.5. The zero-order valence-corrected chi connectivity index (χ0v) is 25.4. The lowest BCUT2D eigenvalue weighted by Crippen LogP contribution is -2.52. The lowest BCUT2D eigenvalue weighted by atomic mass is 9.64. The molecule has 3 aromatic carbocycles. The van der Waals surface area contributed by atoms with E-state index in [0.717, 1.165) is 13.8 Å². The predicted octanol–water partition coefficient (Wildman–Crippen LogP) is 6.23. The first-order valence-corrected chi connectivity index (χ1v) is 14.6. The van der Waals surface area contributed by atoms with Gasteiger partial charge < -0.3 is 4.74 Å². The average molecular weight is 679 g/mol. The van der Waals surface area contributed by atoms with Crippen LogP contribution in [0.5, 0.6) is 0 Å². The van der Waals surface area contributed by atoms with E-state index in [9.17, 15) is 24.0 Å². The Labute approximate surface area is 253 Å². The van der Waals surface area contributed by atoms with Gasteiger partial charge in [-0.2, -0.15) is 0 Å². The number of Topliss-reactive ketones (excluding diaryl/α,β-unsaturated/α-hetero) is 2. The van der Waals surface area contributed by atoms with E-state index in [-0.39, 0.29) is 24.4 Å². The summed E-state index contributed by atoms with van der Waals surface area (Å²) in [5.74, 6) is -4.99. The third kappa shape index (κ3) is 4.81. The summed E-state index contributed by atoms with van der Waals surface area (Å²) in [6, 6.07) is 20.2. The Balaban J connectivity index is 1.74. The molecule has 0 N–H and O–H groups in total. The highest BCUT2D eigenvalue weighted by Crippen LogP contribution is 2.58. The second-order valence-corrected chi connectivity index (χ2v) is 11.8. The van der Waals surface area contributed by atoms with E-state index in [2.05, 4.69) is 31.9 Å². The van der Waals surface area contributed by atoms with Crippen molar-refractivity contribution in [3.63, 3.8) is 0 Å². The monoisotopic (exact) mass is 677 g/mol. The molecule has 1 aliphatic carbocycles. The summed E-state index contributed by atoms with van der Waals surface area (Å²) >= 11 is 6.74. The zero-order valence-electron chi connectivity index (χ0n) is 22.2. The van der Waals surface area contributed by atoms with Crippen LogP contribution < -0.4 is 4.90 Å². The van der Waals surface area contributed by atoms with Crippen molar-refractivity contribution in [3.8, 4) is 0 Å². The molecule has 5 rings (SSSR count). The number of benzene rings is 3. The van der Waals surface area contributed by atoms with Gasteiger partial charge >= 0.3 is 5.97 Å². The van der Waals surface area contributed by atoms with Gasteiger partial charge in [-0.15, -0.1) is 0 Å². The number of fused-ring (bicyclic) bond motifs is 2. The second kappa shape index (κ2) is 11.3. The van der Waals surface area contributed by atoms with Gasteiger partial charge in [0, 0.05) is 44.9 Å². The Bertz CT molecular complexity index is 1610. The van der Waals surface area contributed by atoms with Gasteiger partial charge in [-0.25, -0.2) is 4.90 Å². The molecular weight excluding hydrogens is 654 g/mol. The van der Waals surface area contributed by atoms with Gasteiger partial charge in [0.1, 0.15) is 11.3 Å². The predicted molar refractivity (Wildman–Crippen MR) is 160 cm³/mol. The van der Waals surface area contributed by atoms with Crippen LogP contribution in [0.1, 0.15) is 46.5 Å². The maximum absolute atomic E-state index is 14.5. The van der Waals surface area contributed by atoms with Crippen molar-refractivity contribution >= 4 is 66.9 Å². The van der Waals surface area contributed by atoms with Crippen LogP contribution >= 0.6 is 31.9 Å². The molecule has 3 atom stereocenters. The number of allylic oxidation sites excluding steroid dienone is 1. The number of ether oxygens (including phenoxy) is 1. The molecule has 7 nitrogen and oxygen atoms in total. The Kier molecular flexibility index (Phi) is 7.94. The first-order valence-electron chi connectivity index (χ1n) is 13.0. The van der Waals surface area contributed by atoms with E-state index in [1.54, 1.807) is 85.8 Å². The van der Waals surface area contributed by atoms with Crippen LogP contribution in [-0.2, 0) is 24.5 Å². The molecule has 0 bridgehead atoms. The van der Waals surface area contributed by atoms with Crippen LogP contribution in [0.4, 0.5) is 5.69 Å². The number of hydrogen-bond acceptors (Lipinski definition) is 6. The minimum Gasteiger partial charge on any atom is -0.465 e. The highest BCUT2D eigenvalue weighted by Gasteiger charge is 2.67. The second-order valence-electron chi connectivity index (χ2n) is 9.93.